The van der Waals surface area contributed by atoms with Crippen LogP contribution in [0.25, 0.3) is 0 Å². The molecule has 0 unspecified atom stereocenters. The van der Waals surface area contributed by atoms with Crippen molar-refractivity contribution in [1.82, 2.24) is 5.32 Å². The van der Waals surface area contributed by atoms with E-state index < -0.39 is 23.1 Å². The van der Waals surface area contributed by atoms with Crippen LogP contribution in [0.15, 0.2) is 42.5 Å². The summed E-state index contributed by atoms with van der Waals surface area (Å²) in [6, 6.07) is 8.68. The topological polar surface area (TPSA) is 102 Å². The van der Waals surface area contributed by atoms with E-state index in [0.29, 0.717) is 5.56 Å². The van der Waals surface area contributed by atoms with Gasteiger partial charge in [-0.1, -0.05) is 12.1 Å². The standard InChI is InChI=1S/C15H12F2N2O5/c16-15(17)24-11-4-1-9(2-5-11)8-18-14(21)12-7-10(20)3-6-13(12)19(22)23/h1-7,15,20H,8H2,(H,18,21). The Bertz CT molecular complexity index is 750. The summed E-state index contributed by atoms with van der Waals surface area (Å²) < 4.78 is 28.3. The van der Waals surface area contributed by atoms with Crippen molar-refractivity contribution in [3.05, 3.63) is 63.7 Å². The van der Waals surface area contributed by atoms with Gasteiger partial charge in [-0.15, -0.1) is 0 Å². The van der Waals surface area contributed by atoms with Gasteiger partial charge in [-0.3, -0.25) is 14.9 Å². The molecule has 0 radical (unpaired) electrons. The monoisotopic (exact) mass is 338 g/mol. The molecule has 1 amide bonds. The van der Waals surface area contributed by atoms with Crippen molar-refractivity contribution in [3.63, 3.8) is 0 Å². The third-order valence-corrected chi connectivity index (χ3v) is 3.02. The number of phenolic OH excluding ortho intramolecular Hbond substituents is 1. The number of hydrogen-bond donors (Lipinski definition) is 2. The van der Waals surface area contributed by atoms with E-state index in [0.717, 1.165) is 18.2 Å². The number of halogens is 2. The first-order valence-electron chi connectivity index (χ1n) is 6.66. The van der Waals surface area contributed by atoms with Gasteiger partial charge in [0, 0.05) is 12.6 Å². The molecule has 2 aromatic carbocycles. The third-order valence-electron chi connectivity index (χ3n) is 3.02. The molecule has 9 heteroatoms. The minimum Gasteiger partial charge on any atom is -0.508 e. The van der Waals surface area contributed by atoms with Gasteiger partial charge in [0.15, 0.2) is 0 Å². The van der Waals surface area contributed by atoms with Crippen LogP contribution >= 0.6 is 0 Å². The third kappa shape index (κ3) is 4.38. The van der Waals surface area contributed by atoms with Gasteiger partial charge in [0.25, 0.3) is 11.6 Å². The maximum absolute atomic E-state index is 12.1. The van der Waals surface area contributed by atoms with E-state index >= 15 is 0 Å². The zero-order valence-electron chi connectivity index (χ0n) is 12.1. The molecule has 0 aliphatic rings. The Hall–Kier alpha value is -3.23. The molecule has 24 heavy (non-hydrogen) atoms. The molecular formula is C15H12F2N2O5. The number of alkyl halides is 2. The zero-order chi connectivity index (χ0) is 17.7. The summed E-state index contributed by atoms with van der Waals surface area (Å²) in [5.74, 6) is -1.05. The van der Waals surface area contributed by atoms with Gasteiger partial charge in [-0.2, -0.15) is 8.78 Å². The summed E-state index contributed by atoms with van der Waals surface area (Å²) in [6.45, 7) is -2.91. The van der Waals surface area contributed by atoms with Crippen LogP contribution in [-0.4, -0.2) is 22.5 Å². The van der Waals surface area contributed by atoms with Crippen molar-refractivity contribution < 1.29 is 28.3 Å². The lowest BCUT2D eigenvalue weighted by Gasteiger charge is -2.08. The number of carbonyl (C=O) groups is 1. The fourth-order valence-electron chi connectivity index (χ4n) is 1.93. The van der Waals surface area contributed by atoms with E-state index in [-0.39, 0.29) is 23.6 Å². The van der Waals surface area contributed by atoms with Gasteiger partial charge < -0.3 is 15.2 Å². The lowest BCUT2D eigenvalue weighted by molar-refractivity contribution is -0.385. The molecule has 0 saturated heterocycles. The highest BCUT2D eigenvalue weighted by atomic mass is 19.3. The summed E-state index contributed by atoms with van der Waals surface area (Å²) in [5, 5.41) is 22.7. The van der Waals surface area contributed by atoms with Gasteiger partial charge in [0.2, 0.25) is 0 Å². The molecule has 0 spiro atoms. The minimum absolute atomic E-state index is 0.0145. The first-order chi connectivity index (χ1) is 11.4. The average Bonchev–Trinajstić information content (AvgIpc) is 2.53. The summed E-state index contributed by atoms with van der Waals surface area (Å²) in [7, 11) is 0. The highest BCUT2D eigenvalue weighted by Crippen LogP contribution is 2.23. The first kappa shape index (κ1) is 17.1. The normalized spacial score (nSPS) is 10.5. The molecule has 0 bridgehead atoms. The number of hydrogen-bond acceptors (Lipinski definition) is 5. The number of ether oxygens (including phenoxy) is 1. The van der Waals surface area contributed by atoms with E-state index in [1.807, 2.05) is 0 Å². The number of phenols is 1. The Morgan fingerprint density at radius 2 is 1.92 bits per heavy atom. The number of aromatic hydroxyl groups is 1. The molecule has 0 heterocycles. The van der Waals surface area contributed by atoms with E-state index in [1.54, 1.807) is 0 Å². The van der Waals surface area contributed by atoms with Gasteiger partial charge in [0.05, 0.1) is 4.92 Å². The Balaban J connectivity index is 2.06. The number of nitrogens with one attached hydrogen (secondary N) is 1. The quantitative estimate of drug-likeness (QED) is 0.623. The van der Waals surface area contributed by atoms with Crippen molar-refractivity contribution in [2.24, 2.45) is 0 Å². The van der Waals surface area contributed by atoms with Crippen LogP contribution in [0.5, 0.6) is 11.5 Å². The van der Waals surface area contributed by atoms with Crippen molar-refractivity contribution in [3.8, 4) is 11.5 Å². The SMILES string of the molecule is O=C(NCc1ccc(OC(F)F)cc1)c1cc(O)ccc1[N+](=O)[O-]. The second kappa shape index (κ2) is 7.36. The van der Waals surface area contributed by atoms with E-state index in [2.05, 4.69) is 10.1 Å². The predicted octanol–water partition coefficient (Wildman–Crippen LogP) is 2.83. The molecule has 0 aliphatic heterocycles. The number of amides is 1. The highest BCUT2D eigenvalue weighted by Gasteiger charge is 2.20. The Morgan fingerprint density at radius 1 is 1.25 bits per heavy atom. The summed E-state index contributed by atoms with van der Waals surface area (Å²) in [4.78, 5) is 22.2. The first-order valence-corrected chi connectivity index (χ1v) is 6.66. The Labute approximate surface area is 134 Å². The molecule has 2 aromatic rings. The smallest absolute Gasteiger partial charge is 0.387 e. The van der Waals surface area contributed by atoms with Crippen LogP contribution in [0.4, 0.5) is 14.5 Å². The van der Waals surface area contributed by atoms with Crippen LogP contribution in [0.1, 0.15) is 15.9 Å². The van der Waals surface area contributed by atoms with Crippen molar-refractivity contribution in [2.45, 2.75) is 13.2 Å². The highest BCUT2D eigenvalue weighted by molar-refractivity contribution is 5.98. The maximum atomic E-state index is 12.1. The molecule has 0 fully saturated rings. The minimum atomic E-state index is -2.93. The second-order valence-corrected chi connectivity index (χ2v) is 4.66. The Kier molecular flexibility index (Phi) is 5.25. The molecule has 0 atom stereocenters. The summed E-state index contributed by atoms with van der Waals surface area (Å²) in [5.41, 5.74) is -0.142. The van der Waals surface area contributed by atoms with Gasteiger partial charge in [-0.25, -0.2) is 0 Å². The lowest BCUT2D eigenvalue weighted by atomic mass is 10.1. The second-order valence-electron chi connectivity index (χ2n) is 4.66. The van der Waals surface area contributed by atoms with Crippen LogP contribution < -0.4 is 10.1 Å². The molecule has 7 nitrogen and oxygen atoms in total. The molecule has 0 aromatic heterocycles. The van der Waals surface area contributed by atoms with Crippen molar-refractivity contribution >= 4 is 11.6 Å². The number of nitrogens with zero attached hydrogens (tertiary/aromatic N) is 1. The number of rotatable bonds is 6. The zero-order valence-corrected chi connectivity index (χ0v) is 12.1. The predicted molar refractivity (Wildman–Crippen MR) is 79.0 cm³/mol. The average molecular weight is 338 g/mol. The summed E-state index contributed by atoms with van der Waals surface area (Å²) in [6.07, 6.45) is 0. The van der Waals surface area contributed by atoms with E-state index in [4.69, 9.17) is 0 Å². The van der Waals surface area contributed by atoms with Crippen LogP contribution in [-0.2, 0) is 6.54 Å². The maximum Gasteiger partial charge on any atom is 0.387 e. The largest absolute Gasteiger partial charge is 0.508 e. The summed E-state index contributed by atoms with van der Waals surface area (Å²) >= 11 is 0. The number of nitro groups is 1. The van der Waals surface area contributed by atoms with E-state index in [1.165, 1.54) is 24.3 Å². The molecule has 0 saturated carbocycles. The van der Waals surface area contributed by atoms with Crippen LogP contribution in [0.3, 0.4) is 0 Å². The number of nitro benzene ring substituents is 1. The molecule has 126 valence electrons. The molecule has 0 aliphatic carbocycles. The van der Waals surface area contributed by atoms with Crippen molar-refractivity contribution in [2.75, 3.05) is 0 Å². The lowest BCUT2D eigenvalue weighted by Crippen LogP contribution is -2.23. The van der Waals surface area contributed by atoms with Gasteiger partial charge in [0.1, 0.15) is 17.1 Å². The van der Waals surface area contributed by atoms with Crippen LogP contribution in [0, 0.1) is 10.1 Å². The van der Waals surface area contributed by atoms with Crippen molar-refractivity contribution in [1.29, 1.82) is 0 Å². The van der Waals surface area contributed by atoms with Gasteiger partial charge in [-0.05, 0) is 29.8 Å². The van der Waals surface area contributed by atoms with E-state index in [9.17, 15) is 28.8 Å². The fourth-order valence-corrected chi connectivity index (χ4v) is 1.93. The molecular weight excluding hydrogens is 326 g/mol. The van der Waals surface area contributed by atoms with Crippen LogP contribution in [0.2, 0.25) is 0 Å². The number of carbonyl (C=O) groups excluding carboxylic acids is 1. The molecule has 2 N–H and O–H groups in total. The Morgan fingerprint density at radius 3 is 2.50 bits per heavy atom. The van der Waals surface area contributed by atoms with Gasteiger partial charge >= 0.3 is 6.61 Å². The number of benzene rings is 2. The molecule has 2 rings (SSSR count). The fraction of sp³-hybridized carbons (Fsp3) is 0.133.